The molecule has 0 aliphatic carbocycles. The zero-order valence-corrected chi connectivity index (χ0v) is 10.3. The van der Waals surface area contributed by atoms with Crippen LogP contribution in [0.3, 0.4) is 0 Å². The summed E-state index contributed by atoms with van der Waals surface area (Å²) in [6.07, 6.45) is 2.86. The molecule has 4 heteroatoms. The smallest absolute Gasteiger partial charge is 0.171 e. The van der Waals surface area contributed by atoms with Crippen molar-refractivity contribution in [3.8, 4) is 10.7 Å². The highest BCUT2D eigenvalue weighted by Gasteiger charge is 2.05. The van der Waals surface area contributed by atoms with Gasteiger partial charge in [-0.2, -0.15) is 0 Å². The molecule has 2 rings (SSSR count). The van der Waals surface area contributed by atoms with Crippen LogP contribution < -0.4 is 5.32 Å². The average molecular weight is 233 g/mol. The van der Waals surface area contributed by atoms with E-state index in [1.165, 1.54) is 4.88 Å². The number of aromatic nitrogens is 2. The number of hydrogen-bond donors (Lipinski definition) is 1. The first kappa shape index (κ1) is 11.1. The van der Waals surface area contributed by atoms with Crippen molar-refractivity contribution < 1.29 is 0 Å². The van der Waals surface area contributed by atoms with Crippen molar-refractivity contribution in [2.45, 2.75) is 20.3 Å². The molecule has 1 N–H and O–H groups in total. The van der Waals surface area contributed by atoms with Crippen molar-refractivity contribution in [3.05, 3.63) is 29.3 Å². The van der Waals surface area contributed by atoms with Gasteiger partial charge in [0, 0.05) is 17.6 Å². The van der Waals surface area contributed by atoms with E-state index < -0.39 is 0 Å². The second-order valence-corrected chi connectivity index (χ2v) is 4.58. The summed E-state index contributed by atoms with van der Waals surface area (Å²) in [5.74, 6) is 1.70. The minimum Gasteiger partial charge on any atom is -0.370 e. The summed E-state index contributed by atoms with van der Waals surface area (Å²) in [5, 5.41) is 3.19. The molecule has 0 saturated carbocycles. The molecule has 2 heterocycles. The molecule has 0 aliphatic heterocycles. The van der Waals surface area contributed by atoms with Gasteiger partial charge in [0.25, 0.3) is 0 Å². The number of hydrogen-bond acceptors (Lipinski definition) is 4. The molecule has 0 aromatic carbocycles. The maximum absolute atomic E-state index is 4.47. The highest BCUT2D eigenvalue weighted by Crippen LogP contribution is 2.25. The highest BCUT2D eigenvalue weighted by atomic mass is 32.1. The second-order valence-electron chi connectivity index (χ2n) is 3.42. The molecule has 0 bridgehead atoms. The molecule has 84 valence electrons. The molecule has 0 amide bonds. The maximum Gasteiger partial charge on any atom is 0.171 e. The van der Waals surface area contributed by atoms with Crippen LogP contribution in [0.4, 0.5) is 5.82 Å². The monoisotopic (exact) mass is 233 g/mol. The van der Waals surface area contributed by atoms with Crippen LogP contribution in [-0.4, -0.2) is 16.5 Å². The van der Waals surface area contributed by atoms with E-state index in [1.54, 1.807) is 17.5 Å². The topological polar surface area (TPSA) is 37.8 Å². The molecule has 0 spiro atoms. The van der Waals surface area contributed by atoms with Gasteiger partial charge in [-0.25, -0.2) is 9.97 Å². The van der Waals surface area contributed by atoms with Crippen molar-refractivity contribution in [3.63, 3.8) is 0 Å². The lowest BCUT2D eigenvalue weighted by molar-refractivity contribution is 1.12. The molecule has 0 atom stereocenters. The zero-order chi connectivity index (χ0) is 11.4. The van der Waals surface area contributed by atoms with Gasteiger partial charge in [0.1, 0.15) is 5.82 Å². The quantitative estimate of drug-likeness (QED) is 0.881. The van der Waals surface area contributed by atoms with Crippen LogP contribution in [0, 0.1) is 0 Å². The van der Waals surface area contributed by atoms with Gasteiger partial charge in [-0.3, -0.25) is 0 Å². The van der Waals surface area contributed by atoms with E-state index in [4.69, 9.17) is 0 Å². The Labute approximate surface area is 99.6 Å². The Morgan fingerprint density at radius 3 is 2.81 bits per heavy atom. The van der Waals surface area contributed by atoms with Crippen LogP contribution in [0.15, 0.2) is 24.4 Å². The Balaban J connectivity index is 2.28. The van der Waals surface area contributed by atoms with Crippen LogP contribution >= 0.6 is 11.3 Å². The van der Waals surface area contributed by atoms with Gasteiger partial charge in [-0.1, -0.05) is 6.92 Å². The maximum atomic E-state index is 4.47. The summed E-state index contributed by atoms with van der Waals surface area (Å²) in [6, 6.07) is 6.12. The van der Waals surface area contributed by atoms with E-state index in [0.29, 0.717) is 0 Å². The summed E-state index contributed by atoms with van der Waals surface area (Å²) in [7, 11) is 0. The largest absolute Gasteiger partial charge is 0.370 e. The van der Waals surface area contributed by atoms with Gasteiger partial charge < -0.3 is 5.32 Å². The minimum atomic E-state index is 0.808. The van der Waals surface area contributed by atoms with Gasteiger partial charge in [0.05, 0.1) is 4.88 Å². The van der Waals surface area contributed by atoms with Crippen LogP contribution in [0.2, 0.25) is 0 Å². The van der Waals surface area contributed by atoms with Crippen LogP contribution in [-0.2, 0) is 6.42 Å². The van der Waals surface area contributed by atoms with E-state index in [2.05, 4.69) is 41.3 Å². The second kappa shape index (κ2) is 5.07. The van der Waals surface area contributed by atoms with Crippen LogP contribution in [0.1, 0.15) is 18.7 Å². The highest BCUT2D eigenvalue weighted by molar-refractivity contribution is 7.15. The molecular weight excluding hydrogens is 218 g/mol. The Morgan fingerprint density at radius 1 is 1.25 bits per heavy atom. The molecule has 0 fully saturated rings. The van der Waals surface area contributed by atoms with Crippen LogP contribution in [0.5, 0.6) is 0 Å². The fourth-order valence-corrected chi connectivity index (χ4v) is 2.33. The molecule has 2 aromatic heterocycles. The Hall–Kier alpha value is -1.42. The molecule has 0 saturated heterocycles. The first-order valence-electron chi connectivity index (χ1n) is 5.49. The Morgan fingerprint density at radius 2 is 2.12 bits per heavy atom. The van der Waals surface area contributed by atoms with Crippen molar-refractivity contribution >= 4 is 17.2 Å². The lowest BCUT2D eigenvalue weighted by Gasteiger charge is -2.02. The number of rotatable bonds is 4. The third kappa shape index (κ3) is 2.39. The van der Waals surface area contributed by atoms with Crippen molar-refractivity contribution in [2.24, 2.45) is 0 Å². The van der Waals surface area contributed by atoms with Gasteiger partial charge in [-0.15, -0.1) is 11.3 Å². The first-order valence-corrected chi connectivity index (χ1v) is 6.31. The molecule has 16 heavy (non-hydrogen) atoms. The standard InChI is InChI=1S/C12H15N3S/c1-3-9-5-6-10(16-9)12-14-8-7-11(15-12)13-4-2/h5-8H,3-4H2,1-2H3,(H,13,14,15). The molecule has 0 unspecified atom stereocenters. The number of nitrogens with one attached hydrogen (secondary N) is 1. The fraction of sp³-hybridized carbons (Fsp3) is 0.333. The number of aryl methyl sites for hydroxylation is 1. The van der Waals surface area contributed by atoms with Crippen LogP contribution in [0.25, 0.3) is 10.7 Å². The molecule has 2 aromatic rings. The molecular formula is C12H15N3S. The molecule has 3 nitrogen and oxygen atoms in total. The zero-order valence-electron chi connectivity index (χ0n) is 9.53. The van der Waals surface area contributed by atoms with E-state index in [1.807, 2.05) is 6.07 Å². The predicted molar refractivity (Wildman–Crippen MR) is 68.9 cm³/mol. The number of anilines is 1. The lowest BCUT2D eigenvalue weighted by atomic mass is 10.3. The predicted octanol–water partition coefficient (Wildman–Crippen LogP) is 3.20. The average Bonchev–Trinajstić information content (AvgIpc) is 2.78. The summed E-state index contributed by atoms with van der Waals surface area (Å²) < 4.78 is 0. The Kier molecular flexibility index (Phi) is 3.51. The van der Waals surface area contributed by atoms with Crippen molar-refractivity contribution in [1.29, 1.82) is 0 Å². The van der Waals surface area contributed by atoms with Gasteiger partial charge in [-0.05, 0) is 31.5 Å². The van der Waals surface area contributed by atoms with Gasteiger partial charge in [0.2, 0.25) is 0 Å². The van der Waals surface area contributed by atoms with E-state index in [-0.39, 0.29) is 0 Å². The van der Waals surface area contributed by atoms with E-state index in [0.717, 1.165) is 29.5 Å². The van der Waals surface area contributed by atoms with Crippen molar-refractivity contribution in [2.75, 3.05) is 11.9 Å². The summed E-state index contributed by atoms with van der Waals surface area (Å²) in [5.41, 5.74) is 0. The third-order valence-corrected chi connectivity index (χ3v) is 3.47. The summed E-state index contributed by atoms with van der Waals surface area (Å²) in [4.78, 5) is 11.3. The van der Waals surface area contributed by atoms with Crippen molar-refractivity contribution in [1.82, 2.24) is 9.97 Å². The lowest BCUT2D eigenvalue weighted by Crippen LogP contribution is -2.00. The van der Waals surface area contributed by atoms with Gasteiger partial charge >= 0.3 is 0 Å². The minimum absolute atomic E-state index is 0.808. The summed E-state index contributed by atoms with van der Waals surface area (Å²) in [6.45, 7) is 5.09. The SMILES string of the molecule is CCNc1ccnc(-c2ccc(CC)s2)n1. The third-order valence-electron chi connectivity index (χ3n) is 2.24. The van der Waals surface area contributed by atoms with E-state index in [9.17, 15) is 0 Å². The fourth-order valence-electron chi connectivity index (χ4n) is 1.45. The molecule has 0 aliphatic rings. The van der Waals surface area contributed by atoms with E-state index >= 15 is 0 Å². The number of nitrogens with zero attached hydrogens (tertiary/aromatic N) is 2. The Bertz CT molecular complexity index is 465. The number of thiophene rings is 1. The summed E-state index contributed by atoms with van der Waals surface area (Å²) >= 11 is 1.76. The van der Waals surface area contributed by atoms with Gasteiger partial charge in [0.15, 0.2) is 5.82 Å². The molecule has 0 radical (unpaired) electrons. The normalized spacial score (nSPS) is 10.4. The first-order chi connectivity index (χ1) is 7.83.